The highest BCUT2D eigenvalue weighted by Crippen LogP contribution is 2.52. The monoisotopic (exact) mass is 282 g/mol. The van der Waals surface area contributed by atoms with Gasteiger partial charge in [-0.15, -0.1) is 0 Å². The Hall–Kier alpha value is 2.13. The quantitative estimate of drug-likeness (QED) is 0.530. The van der Waals surface area contributed by atoms with Crippen LogP contribution in [0.15, 0.2) is 0 Å². The van der Waals surface area contributed by atoms with E-state index < -0.39 is 16.2 Å². The summed E-state index contributed by atoms with van der Waals surface area (Å²) >= 11 is 31.7. The van der Waals surface area contributed by atoms with E-state index in [2.05, 4.69) is 4.52 Å². The lowest BCUT2D eigenvalue weighted by Crippen LogP contribution is -2.19. The lowest BCUT2D eigenvalue weighted by molar-refractivity contribution is 0.330. The lowest BCUT2D eigenvalue weighted by atomic mass is 10.8. The van der Waals surface area contributed by atoms with E-state index in [0.717, 1.165) is 0 Å². The summed E-state index contributed by atoms with van der Waals surface area (Å²) < 4.78 is 2.88. The molecule has 0 saturated heterocycles. The van der Waals surface area contributed by atoms with E-state index in [9.17, 15) is 0 Å². The Labute approximate surface area is 89.2 Å². The van der Waals surface area contributed by atoms with Crippen LogP contribution in [0.25, 0.3) is 0 Å². The molecule has 0 radical (unpaired) electrons. The molecule has 0 rings (SSSR count). The van der Waals surface area contributed by atoms with Gasteiger partial charge in [0, 0.05) is 0 Å². The molecule has 8 heteroatoms. The first-order valence-electron chi connectivity index (χ1n) is 1.83. The van der Waals surface area contributed by atoms with E-state index in [-0.39, 0.29) is 0 Å². The fourth-order valence-electron chi connectivity index (χ4n) is 0.130. The summed E-state index contributed by atoms with van der Waals surface area (Å²) in [6.07, 6.45) is 0. The van der Waals surface area contributed by atoms with Crippen molar-refractivity contribution < 1.29 is 4.52 Å². The van der Waals surface area contributed by atoms with Crippen LogP contribution in [0.4, 0.5) is 0 Å². The molecule has 0 aliphatic heterocycles. The van der Waals surface area contributed by atoms with Crippen LogP contribution in [0, 0.1) is 0 Å². The van der Waals surface area contributed by atoms with Gasteiger partial charge in [0.2, 0.25) is 10.6 Å². The zero-order chi connectivity index (χ0) is 8.36. The van der Waals surface area contributed by atoms with Gasteiger partial charge in [-0.1, -0.05) is 46.4 Å². The van der Waals surface area contributed by atoms with Crippen molar-refractivity contribution in [2.24, 2.45) is 0 Å². The summed E-state index contributed by atoms with van der Waals surface area (Å²) in [6, 6.07) is 0. The van der Waals surface area contributed by atoms with Crippen molar-refractivity contribution in [3.05, 3.63) is 0 Å². The molecule has 0 heterocycles. The summed E-state index contributed by atoms with van der Waals surface area (Å²) in [5, 5.41) is 0. The Kier molecular flexibility index (Phi) is 6.05. The first-order chi connectivity index (χ1) is 4.34. The predicted molar refractivity (Wildman–Crippen MR) is 49.6 cm³/mol. The zero-order valence-electron chi connectivity index (χ0n) is 4.20. The first kappa shape index (κ1) is 12.1. The van der Waals surface area contributed by atoms with Gasteiger partial charge in [0.1, 0.15) is 0 Å². The van der Waals surface area contributed by atoms with Crippen molar-refractivity contribution in [2.75, 3.05) is 0 Å². The average molecular weight is 285 g/mol. The van der Waals surface area contributed by atoms with Crippen LogP contribution in [-0.2, 0) is 4.52 Å². The SMILES string of the molecule is ClC(OP(Cl)Cl)C(Cl)(Cl)Cl. The van der Waals surface area contributed by atoms with Crippen LogP contribution in [0.1, 0.15) is 0 Å². The van der Waals surface area contributed by atoms with Crippen molar-refractivity contribution in [1.82, 2.24) is 0 Å². The number of hydrogen-bond donors (Lipinski definition) is 0. The second kappa shape index (κ2) is 4.99. The fraction of sp³-hybridized carbons (Fsp3) is 1.00. The van der Waals surface area contributed by atoms with Gasteiger partial charge in [-0.25, -0.2) is 0 Å². The topological polar surface area (TPSA) is 9.23 Å². The normalized spacial score (nSPS) is 15.9. The smallest absolute Gasteiger partial charge is 0.230 e. The van der Waals surface area contributed by atoms with Crippen molar-refractivity contribution in [1.29, 1.82) is 0 Å². The first-order valence-corrected chi connectivity index (χ1v) is 6.47. The Morgan fingerprint density at radius 2 is 1.60 bits per heavy atom. The summed E-state index contributed by atoms with van der Waals surface area (Å²) in [4.78, 5) is 0. The Morgan fingerprint density at radius 3 is 1.70 bits per heavy atom. The Morgan fingerprint density at radius 1 is 1.20 bits per heavy atom. The van der Waals surface area contributed by atoms with Crippen molar-refractivity contribution >= 4 is 75.7 Å². The highest BCUT2D eigenvalue weighted by Gasteiger charge is 2.33. The molecule has 0 saturated carbocycles. The third kappa shape index (κ3) is 5.74. The Balaban J connectivity index is 3.73. The van der Waals surface area contributed by atoms with Crippen LogP contribution in [-0.4, -0.2) is 9.36 Å². The maximum Gasteiger partial charge on any atom is 0.230 e. The van der Waals surface area contributed by atoms with Gasteiger partial charge in [0.05, 0.1) is 0 Å². The van der Waals surface area contributed by atoms with E-state index >= 15 is 0 Å². The molecule has 0 N–H and O–H groups in total. The van der Waals surface area contributed by atoms with Crippen molar-refractivity contribution in [2.45, 2.75) is 9.36 Å². The average Bonchev–Trinajstić information content (AvgIpc) is 1.60. The highest BCUT2D eigenvalue weighted by atomic mass is 35.9. The van der Waals surface area contributed by atoms with E-state index in [1.165, 1.54) is 0 Å². The molecule has 0 amide bonds. The summed E-state index contributed by atoms with van der Waals surface area (Å²) in [6.45, 7) is -1.64. The molecule has 0 aromatic heterocycles. The number of alkyl halides is 4. The molecule has 0 aromatic rings. The summed E-state index contributed by atoms with van der Waals surface area (Å²) in [5.41, 5.74) is -1.13. The standard InChI is InChI=1S/C2HCl6OP/c3-1(2(4,5)6)9-10(7)8/h1H. The number of hydrogen-bond acceptors (Lipinski definition) is 1. The van der Waals surface area contributed by atoms with Gasteiger partial charge in [-0.05, 0) is 22.5 Å². The largest absolute Gasteiger partial charge is 0.307 e. The van der Waals surface area contributed by atoms with E-state index in [1.54, 1.807) is 0 Å². The van der Waals surface area contributed by atoms with Gasteiger partial charge in [0.15, 0.2) is 5.56 Å². The molecule has 1 atom stereocenters. The second-order valence-corrected chi connectivity index (χ2v) is 6.91. The highest BCUT2D eigenvalue weighted by molar-refractivity contribution is 8.00. The second-order valence-electron chi connectivity index (χ2n) is 1.16. The van der Waals surface area contributed by atoms with Crippen LogP contribution in [0.2, 0.25) is 0 Å². The maximum absolute atomic E-state index is 5.38. The van der Waals surface area contributed by atoms with Crippen molar-refractivity contribution in [3.8, 4) is 0 Å². The molecule has 1 nitrogen and oxygen atoms in total. The van der Waals surface area contributed by atoms with Crippen LogP contribution < -0.4 is 0 Å². The minimum Gasteiger partial charge on any atom is -0.307 e. The molecule has 0 spiro atoms. The van der Waals surface area contributed by atoms with Gasteiger partial charge < -0.3 is 4.52 Å². The molecular weight excluding hydrogens is 284 g/mol. The molecule has 0 bridgehead atoms. The predicted octanol–water partition coefficient (Wildman–Crippen LogP) is 4.64. The maximum atomic E-state index is 5.38. The van der Waals surface area contributed by atoms with Crippen molar-refractivity contribution in [3.63, 3.8) is 0 Å². The number of rotatable bonds is 2. The van der Waals surface area contributed by atoms with Crippen LogP contribution in [0.5, 0.6) is 0 Å². The molecule has 1 unspecified atom stereocenters. The van der Waals surface area contributed by atoms with E-state index in [0.29, 0.717) is 0 Å². The summed E-state index contributed by atoms with van der Waals surface area (Å²) in [5.74, 6) is 0. The molecule has 62 valence electrons. The van der Waals surface area contributed by atoms with Gasteiger partial charge in [-0.3, -0.25) is 0 Å². The lowest BCUT2D eigenvalue weighted by Gasteiger charge is -2.17. The van der Waals surface area contributed by atoms with E-state index in [1.807, 2.05) is 0 Å². The van der Waals surface area contributed by atoms with Crippen LogP contribution >= 0.6 is 75.7 Å². The van der Waals surface area contributed by atoms with Gasteiger partial charge >= 0.3 is 0 Å². The molecule has 0 aliphatic rings. The van der Waals surface area contributed by atoms with Gasteiger partial charge in [0.25, 0.3) is 0 Å². The molecule has 0 fully saturated rings. The fourth-order valence-corrected chi connectivity index (χ4v) is 1.71. The molecule has 0 aliphatic carbocycles. The minimum absolute atomic E-state index is 1.13. The zero-order valence-corrected chi connectivity index (χ0v) is 9.63. The minimum atomic E-state index is -1.70. The van der Waals surface area contributed by atoms with Gasteiger partial charge in [-0.2, -0.15) is 0 Å². The molecule has 10 heavy (non-hydrogen) atoms. The molecule has 0 aromatic carbocycles. The summed E-state index contributed by atoms with van der Waals surface area (Å²) in [7, 11) is 0. The molecular formula is C2HCl6OP. The van der Waals surface area contributed by atoms with E-state index in [4.69, 9.17) is 68.9 Å². The third-order valence-electron chi connectivity index (χ3n) is 0.430. The third-order valence-corrected chi connectivity index (χ3v) is 2.75. The number of halogens is 6. The Bertz CT molecular complexity index is 100. The van der Waals surface area contributed by atoms with Crippen LogP contribution in [0.3, 0.4) is 0 Å².